The molecule has 118 valence electrons. The van der Waals surface area contributed by atoms with Crippen LogP contribution in [0.5, 0.6) is 5.75 Å². The van der Waals surface area contributed by atoms with Crippen LogP contribution in [0.25, 0.3) is 0 Å². The number of nitrogens with zero attached hydrogens (tertiary/aromatic N) is 1. The van der Waals surface area contributed by atoms with Crippen LogP contribution in [0.1, 0.15) is 38.8 Å². The highest BCUT2D eigenvalue weighted by molar-refractivity contribution is 5.40. The molecule has 1 aliphatic heterocycles. The van der Waals surface area contributed by atoms with Gasteiger partial charge < -0.3 is 10.1 Å². The van der Waals surface area contributed by atoms with Crippen LogP contribution < -0.4 is 10.1 Å². The number of nitrogens with one attached hydrogen (secondary N) is 1. The Morgan fingerprint density at radius 3 is 2.48 bits per heavy atom. The minimum absolute atomic E-state index is 0.180. The Balaban J connectivity index is 2.16. The van der Waals surface area contributed by atoms with E-state index in [-0.39, 0.29) is 5.41 Å². The van der Waals surface area contributed by atoms with Crippen molar-refractivity contribution in [2.45, 2.75) is 45.6 Å². The van der Waals surface area contributed by atoms with E-state index >= 15 is 0 Å². The summed E-state index contributed by atoms with van der Waals surface area (Å²) in [7, 11) is 1.77. The van der Waals surface area contributed by atoms with Gasteiger partial charge in [-0.2, -0.15) is 0 Å². The highest BCUT2D eigenvalue weighted by Crippen LogP contribution is 2.29. The van der Waals surface area contributed by atoms with Gasteiger partial charge in [-0.25, -0.2) is 0 Å². The van der Waals surface area contributed by atoms with Gasteiger partial charge in [0.15, 0.2) is 0 Å². The lowest BCUT2D eigenvalue weighted by Crippen LogP contribution is -2.48. The minimum Gasteiger partial charge on any atom is -0.496 e. The third-order valence-corrected chi connectivity index (χ3v) is 4.44. The fourth-order valence-electron chi connectivity index (χ4n) is 2.97. The van der Waals surface area contributed by atoms with E-state index in [2.05, 4.69) is 56.1 Å². The molecule has 0 aliphatic carbocycles. The number of piperazine rings is 1. The van der Waals surface area contributed by atoms with Crippen LogP contribution in [0.15, 0.2) is 18.2 Å². The Morgan fingerprint density at radius 1 is 1.24 bits per heavy atom. The van der Waals surface area contributed by atoms with Gasteiger partial charge in [0.25, 0.3) is 0 Å². The quantitative estimate of drug-likeness (QED) is 0.923. The molecule has 1 aliphatic rings. The molecule has 0 aromatic heterocycles. The van der Waals surface area contributed by atoms with Crippen molar-refractivity contribution < 1.29 is 4.74 Å². The molecule has 1 aromatic rings. The van der Waals surface area contributed by atoms with E-state index in [0.29, 0.717) is 6.04 Å². The zero-order chi connectivity index (χ0) is 15.5. The van der Waals surface area contributed by atoms with Crippen LogP contribution in [-0.4, -0.2) is 44.2 Å². The molecule has 21 heavy (non-hydrogen) atoms. The van der Waals surface area contributed by atoms with Gasteiger partial charge in [-0.15, -0.1) is 0 Å². The summed E-state index contributed by atoms with van der Waals surface area (Å²) < 4.78 is 5.57. The van der Waals surface area contributed by atoms with Crippen molar-refractivity contribution in [3.05, 3.63) is 29.3 Å². The van der Waals surface area contributed by atoms with Gasteiger partial charge in [0, 0.05) is 32.2 Å². The van der Waals surface area contributed by atoms with Crippen LogP contribution in [-0.2, 0) is 11.8 Å². The van der Waals surface area contributed by atoms with Crippen molar-refractivity contribution >= 4 is 0 Å². The molecule has 2 rings (SSSR count). The van der Waals surface area contributed by atoms with Gasteiger partial charge in [-0.3, -0.25) is 4.90 Å². The van der Waals surface area contributed by atoms with Crippen LogP contribution in [0.3, 0.4) is 0 Å². The van der Waals surface area contributed by atoms with E-state index in [1.807, 2.05) is 0 Å². The molecule has 3 nitrogen and oxygen atoms in total. The van der Waals surface area contributed by atoms with Crippen LogP contribution in [0.4, 0.5) is 0 Å². The molecular formula is C18H30N2O. The Hall–Kier alpha value is -1.06. The molecule has 0 amide bonds. The van der Waals surface area contributed by atoms with Gasteiger partial charge in [-0.05, 0) is 36.0 Å². The maximum atomic E-state index is 5.57. The van der Waals surface area contributed by atoms with E-state index in [4.69, 9.17) is 4.74 Å². The molecule has 1 atom stereocenters. The maximum Gasteiger partial charge on any atom is 0.122 e. The van der Waals surface area contributed by atoms with Gasteiger partial charge in [0.2, 0.25) is 0 Å². The fourth-order valence-corrected chi connectivity index (χ4v) is 2.97. The molecule has 1 N–H and O–H groups in total. The highest BCUT2D eigenvalue weighted by atomic mass is 16.5. The summed E-state index contributed by atoms with van der Waals surface area (Å²) in [5, 5.41) is 3.42. The summed E-state index contributed by atoms with van der Waals surface area (Å²) in [4.78, 5) is 2.57. The Kier molecular flexibility index (Phi) is 5.28. The molecular weight excluding hydrogens is 260 g/mol. The third kappa shape index (κ3) is 4.21. The molecule has 1 aromatic carbocycles. The number of hydrogen-bond donors (Lipinski definition) is 1. The monoisotopic (exact) mass is 290 g/mol. The SMILES string of the molecule is COc1ccc(C(C)(C)C)cc1CC(C)N1CCNCC1. The molecule has 1 saturated heterocycles. The fraction of sp³-hybridized carbons (Fsp3) is 0.667. The normalized spacial score (nSPS) is 18.5. The summed E-state index contributed by atoms with van der Waals surface area (Å²) in [6.07, 6.45) is 1.05. The molecule has 0 saturated carbocycles. The van der Waals surface area contributed by atoms with Gasteiger partial charge >= 0.3 is 0 Å². The summed E-state index contributed by atoms with van der Waals surface area (Å²) in [6, 6.07) is 7.20. The molecule has 0 radical (unpaired) electrons. The Bertz CT molecular complexity index is 459. The first-order chi connectivity index (χ1) is 9.91. The number of ether oxygens (including phenoxy) is 1. The van der Waals surface area contributed by atoms with E-state index < -0.39 is 0 Å². The largest absolute Gasteiger partial charge is 0.496 e. The number of rotatable bonds is 4. The zero-order valence-electron chi connectivity index (χ0n) is 14.2. The molecule has 3 heteroatoms. The predicted octanol–water partition coefficient (Wildman–Crippen LogP) is 2.83. The van der Waals surface area contributed by atoms with E-state index in [1.54, 1.807) is 7.11 Å². The summed E-state index contributed by atoms with van der Waals surface area (Å²) in [6.45, 7) is 13.6. The van der Waals surface area contributed by atoms with Crippen LogP contribution in [0.2, 0.25) is 0 Å². The van der Waals surface area contributed by atoms with Crippen LogP contribution >= 0.6 is 0 Å². The van der Waals surface area contributed by atoms with Gasteiger partial charge in [-0.1, -0.05) is 32.9 Å². The Morgan fingerprint density at radius 2 is 1.90 bits per heavy atom. The lowest BCUT2D eigenvalue weighted by Gasteiger charge is -2.33. The second-order valence-electron chi connectivity index (χ2n) is 7.12. The zero-order valence-corrected chi connectivity index (χ0v) is 14.2. The average Bonchev–Trinajstić information content (AvgIpc) is 2.47. The highest BCUT2D eigenvalue weighted by Gasteiger charge is 2.20. The molecule has 1 fully saturated rings. The van der Waals surface area contributed by atoms with Gasteiger partial charge in [0.1, 0.15) is 5.75 Å². The predicted molar refractivity (Wildman–Crippen MR) is 89.3 cm³/mol. The van der Waals surface area contributed by atoms with Crippen molar-refractivity contribution in [1.29, 1.82) is 0 Å². The van der Waals surface area contributed by atoms with Crippen molar-refractivity contribution in [3.8, 4) is 5.75 Å². The summed E-state index contributed by atoms with van der Waals surface area (Å²) in [5.74, 6) is 1.02. The lowest BCUT2D eigenvalue weighted by molar-refractivity contribution is 0.182. The first-order valence-electron chi connectivity index (χ1n) is 8.04. The summed E-state index contributed by atoms with van der Waals surface area (Å²) in [5.41, 5.74) is 2.89. The van der Waals surface area contributed by atoms with Crippen molar-refractivity contribution in [2.75, 3.05) is 33.3 Å². The lowest BCUT2D eigenvalue weighted by atomic mass is 9.85. The second kappa shape index (κ2) is 6.80. The van der Waals surface area contributed by atoms with E-state index in [1.165, 1.54) is 11.1 Å². The van der Waals surface area contributed by atoms with E-state index in [9.17, 15) is 0 Å². The summed E-state index contributed by atoms with van der Waals surface area (Å²) >= 11 is 0. The second-order valence-corrected chi connectivity index (χ2v) is 7.12. The van der Waals surface area contributed by atoms with Gasteiger partial charge in [0.05, 0.1) is 7.11 Å². The minimum atomic E-state index is 0.180. The number of benzene rings is 1. The standard InChI is InChI=1S/C18H30N2O/c1-14(20-10-8-19-9-11-20)12-15-13-16(18(2,3)4)6-7-17(15)21-5/h6-7,13-14,19H,8-12H2,1-5H3. The van der Waals surface area contributed by atoms with Crippen LogP contribution in [0, 0.1) is 0 Å². The maximum absolute atomic E-state index is 5.57. The van der Waals surface area contributed by atoms with Crippen molar-refractivity contribution in [3.63, 3.8) is 0 Å². The molecule has 0 bridgehead atoms. The molecule has 1 heterocycles. The smallest absolute Gasteiger partial charge is 0.122 e. The average molecular weight is 290 g/mol. The molecule has 0 spiro atoms. The molecule has 1 unspecified atom stereocenters. The first-order valence-corrected chi connectivity index (χ1v) is 8.04. The van der Waals surface area contributed by atoms with E-state index in [0.717, 1.165) is 38.3 Å². The van der Waals surface area contributed by atoms with Crippen molar-refractivity contribution in [1.82, 2.24) is 10.2 Å². The van der Waals surface area contributed by atoms with Crippen molar-refractivity contribution in [2.24, 2.45) is 0 Å². The number of hydrogen-bond acceptors (Lipinski definition) is 3. The number of methoxy groups -OCH3 is 1. The first kappa shape index (κ1) is 16.3. The third-order valence-electron chi connectivity index (χ3n) is 4.44. The topological polar surface area (TPSA) is 24.5 Å². The Labute approximate surface area is 129 Å².